The number of carbonyl (C=O) groups is 2. The van der Waals surface area contributed by atoms with Crippen molar-refractivity contribution < 1.29 is 119 Å². The van der Waals surface area contributed by atoms with Crippen LogP contribution in [0.2, 0.25) is 0 Å². The summed E-state index contributed by atoms with van der Waals surface area (Å²) in [5, 5.41) is 154. The lowest BCUT2D eigenvalue weighted by Crippen LogP contribution is -2.71. The second kappa shape index (κ2) is 20.7. The van der Waals surface area contributed by atoms with Crippen molar-refractivity contribution in [3.8, 4) is 0 Å². The molecule has 24 nitrogen and oxygen atoms in total. The van der Waals surface area contributed by atoms with E-state index in [1.165, 1.54) is 13.8 Å². The van der Waals surface area contributed by atoms with E-state index in [-0.39, 0.29) is 30.6 Å². The first-order valence-corrected chi connectivity index (χ1v) is 26.9. The second-order valence-corrected chi connectivity index (χ2v) is 25.4. The van der Waals surface area contributed by atoms with E-state index in [0.717, 1.165) is 5.57 Å². The van der Waals surface area contributed by atoms with Crippen LogP contribution in [-0.2, 0) is 47.5 Å². The lowest BCUT2D eigenvalue weighted by Gasteiger charge is -2.71. The first-order chi connectivity index (χ1) is 35.4. The molecular formula is C52H82O24. The Labute approximate surface area is 440 Å². The van der Waals surface area contributed by atoms with Gasteiger partial charge in [-0.25, -0.2) is 0 Å². The van der Waals surface area contributed by atoms with Gasteiger partial charge in [0.25, 0.3) is 0 Å². The molecule has 0 aromatic heterocycles. The number of esters is 1. The van der Waals surface area contributed by atoms with Gasteiger partial charge in [-0.15, -0.1) is 0 Å². The Kier molecular flexibility index (Phi) is 15.9. The van der Waals surface area contributed by atoms with Crippen molar-refractivity contribution in [3.05, 3.63) is 11.6 Å². The molecule has 9 aliphatic rings. The molecule has 76 heavy (non-hydrogen) atoms. The van der Waals surface area contributed by atoms with Crippen molar-refractivity contribution in [3.63, 3.8) is 0 Å². The maximum Gasteiger partial charge on any atom is 0.317 e. The lowest BCUT2D eigenvalue weighted by molar-refractivity contribution is -0.370. The molecule has 0 aromatic carbocycles. The highest BCUT2D eigenvalue weighted by Gasteiger charge is 2.74. The maximum atomic E-state index is 15.3. The van der Waals surface area contributed by atoms with E-state index in [1.807, 2.05) is 6.92 Å². The van der Waals surface area contributed by atoms with E-state index in [1.54, 1.807) is 0 Å². The quantitative estimate of drug-likeness (QED) is 0.0600. The van der Waals surface area contributed by atoms with Gasteiger partial charge in [0.1, 0.15) is 84.8 Å². The van der Waals surface area contributed by atoms with E-state index in [2.05, 4.69) is 33.8 Å². The number of aliphatic hydroxyl groups excluding tert-OH is 13. The van der Waals surface area contributed by atoms with Crippen molar-refractivity contribution in [2.75, 3.05) is 19.8 Å². The van der Waals surface area contributed by atoms with E-state index in [9.17, 15) is 76.3 Å². The van der Waals surface area contributed by atoms with E-state index in [0.29, 0.717) is 32.1 Å². The molecule has 4 saturated carbocycles. The molecule has 0 aromatic rings. The van der Waals surface area contributed by atoms with Gasteiger partial charge in [0, 0.05) is 0 Å². The summed E-state index contributed by atoms with van der Waals surface area (Å²) in [6.07, 6.45) is -29.3. The predicted octanol–water partition coefficient (Wildman–Crippen LogP) is -2.72. The molecule has 8 fully saturated rings. The van der Waals surface area contributed by atoms with Crippen LogP contribution in [0, 0.1) is 50.2 Å². The molecule has 0 radical (unpaired) electrons. The Morgan fingerprint density at radius 1 is 0.632 bits per heavy atom. The number of allylic oxidation sites excluding steroid dienone is 2. The normalized spacial score (nSPS) is 55.2. The molecule has 4 aliphatic heterocycles. The molecule has 0 bridgehead atoms. The average molecular weight is 1090 g/mol. The van der Waals surface area contributed by atoms with Gasteiger partial charge in [-0.05, 0) is 105 Å². The van der Waals surface area contributed by atoms with Gasteiger partial charge in [0.2, 0.25) is 6.29 Å². The fraction of sp³-hybridized carbons (Fsp3) is 0.923. The van der Waals surface area contributed by atoms with E-state index in [4.69, 9.17) is 37.9 Å². The first kappa shape index (κ1) is 58.5. The summed E-state index contributed by atoms with van der Waals surface area (Å²) < 4.78 is 46.9. The highest BCUT2D eigenvalue weighted by molar-refractivity contribution is 5.80. The zero-order valence-electron chi connectivity index (χ0n) is 44.1. The van der Waals surface area contributed by atoms with Crippen molar-refractivity contribution in [2.45, 2.75) is 229 Å². The minimum atomic E-state index is -1.89. The number of aliphatic hydroxyl groups is 13. The van der Waals surface area contributed by atoms with Crippen molar-refractivity contribution in [1.82, 2.24) is 0 Å². The number of fused-ring (bicyclic) bond motifs is 7. The van der Waals surface area contributed by atoms with Gasteiger partial charge in [-0.1, -0.05) is 46.3 Å². The summed E-state index contributed by atoms with van der Waals surface area (Å²) in [6, 6.07) is 0. The zero-order valence-corrected chi connectivity index (χ0v) is 44.1. The molecule has 5 aliphatic carbocycles. The Hall–Kier alpha value is -2.12. The zero-order chi connectivity index (χ0) is 55.7. The number of hydrogen-bond donors (Lipinski definition) is 14. The molecule has 4 saturated heterocycles. The number of aliphatic carboxylic acids is 1. The second-order valence-electron chi connectivity index (χ2n) is 25.4. The van der Waals surface area contributed by atoms with E-state index < -0.39 is 200 Å². The molecule has 14 N–H and O–H groups in total. The van der Waals surface area contributed by atoms with Crippen LogP contribution in [0.1, 0.15) is 99.8 Å². The Balaban J connectivity index is 0.987. The summed E-state index contributed by atoms with van der Waals surface area (Å²) in [5.74, 6) is -3.65. The van der Waals surface area contributed by atoms with Gasteiger partial charge in [0.15, 0.2) is 25.0 Å². The van der Waals surface area contributed by atoms with Crippen molar-refractivity contribution >= 4 is 11.9 Å². The minimum absolute atomic E-state index is 0.0614. The standard InChI is InChI=1S/C52H82O24/c1-20-30(58)38(73-41-35(63)31(59)24(55)18-69-41)37(65)43(71-20)74-39-32(60)25(56)19-70-44(39)76-46(68)52-13-12-47(2,3)14-22(52)21-8-9-27-48(4)15-23(54)40(75-42-36(64)34(62)33(61)26(17-53)72-42)51(7,45(66)67)28(48)10-11-49(27,5)50(21,6)16-29(52)57/h8,20,22-44,53-65H,9-19H2,1-7H3,(H,66,67)/t20-,22-,23-,24-,25-,26+,27+,28+,29+,30-,31-,32-,33+,34-,35+,36+,37+,38+,39+,40-,41-,42-,43-,44-,48+,49+,50+,51-,52+/m0/s1. The van der Waals surface area contributed by atoms with Crippen LogP contribution in [0.5, 0.6) is 0 Å². The summed E-state index contributed by atoms with van der Waals surface area (Å²) in [7, 11) is 0. The van der Waals surface area contributed by atoms with Gasteiger partial charge in [-0.3, -0.25) is 9.59 Å². The van der Waals surface area contributed by atoms with Crippen LogP contribution >= 0.6 is 0 Å². The van der Waals surface area contributed by atoms with Gasteiger partial charge in [-0.2, -0.15) is 0 Å². The summed E-state index contributed by atoms with van der Waals surface area (Å²) in [4.78, 5) is 29.1. The highest BCUT2D eigenvalue weighted by atomic mass is 16.8. The monoisotopic (exact) mass is 1090 g/mol. The summed E-state index contributed by atoms with van der Waals surface area (Å²) in [6.45, 7) is 11.6. The third-order valence-electron chi connectivity index (χ3n) is 20.7. The molecule has 0 unspecified atom stereocenters. The fourth-order valence-corrected chi connectivity index (χ4v) is 16.0. The van der Waals surface area contributed by atoms with Crippen LogP contribution in [-0.4, -0.2) is 232 Å². The largest absolute Gasteiger partial charge is 0.481 e. The number of rotatable bonds is 10. The molecule has 4 heterocycles. The maximum absolute atomic E-state index is 15.3. The average Bonchev–Trinajstić information content (AvgIpc) is 3.55. The molecule has 434 valence electrons. The molecule has 29 atom stereocenters. The fourth-order valence-electron chi connectivity index (χ4n) is 16.0. The Bertz CT molecular complexity index is 2170. The number of ether oxygens (including phenoxy) is 8. The first-order valence-electron chi connectivity index (χ1n) is 26.9. The van der Waals surface area contributed by atoms with Gasteiger partial charge < -0.3 is 109 Å². The highest BCUT2D eigenvalue weighted by Crippen LogP contribution is 2.76. The number of hydrogen-bond acceptors (Lipinski definition) is 23. The molecule has 24 heteroatoms. The van der Waals surface area contributed by atoms with E-state index >= 15 is 4.79 Å². The SMILES string of the molecule is C[C@@H]1O[C@@H](O[C@H]2[C@H](OC(=O)[C@]34CCC(C)(C)C[C@H]3C3=CC[C@@H]5[C@@]6(C)C[C@H](O)[C@H](O[C@@H]7O[C@H](CO)[C@@H](O)[C@H](O)[C@H]7O)[C@@](C)(C(=O)O)[C@@H]6CC[C@@]5(C)[C@]3(C)C[C@H]4O)OC[C@H](O)[C@@H]2O)[C@H](O)[C@H](O[C@@H]2OC[C@H](O)[C@H](O)[C@H]2O)[C@H]1O. The lowest BCUT2D eigenvalue weighted by atomic mass is 9.33. The Morgan fingerprint density at radius 2 is 1.25 bits per heavy atom. The summed E-state index contributed by atoms with van der Waals surface area (Å²) in [5.41, 5.74) is -5.11. The van der Waals surface area contributed by atoms with Crippen LogP contribution in [0.25, 0.3) is 0 Å². The van der Waals surface area contributed by atoms with Crippen LogP contribution in [0.15, 0.2) is 11.6 Å². The summed E-state index contributed by atoms with van der Waals surface area (Å²) >= 11 is 0. The third-order valence-corrected chi connectivity index (χ3v) is 20.7. The minimum Gasteiger partial charge on any atom is -0.481 e. The number of carboxylic acids is 1. The number of carbonyl (C=O) groups excluding carboxylic acids is 1. The Morgan fingerprint density at radius 3 is 1.91 bits per heavy atom. The van der Waals surface area contributed by atoms with Crippen LogP contribution < -0.4 is 0 Å². The topological polar surface area (TPSA) is 391 Å². The smallest absolute Gasteiger partial charge is 0.317 e. The van der Waals surface area contributed by atoms with Crippen LogP contribution in [0.4, 0.5) is 0 Å². The number of carboxylic acid groups (broad SMARTS) is 1. The molecule has 0 amide bonds. The van der Waals surface area contributed by atoms with Gasteiger partial charge >= 0.3 is 11.9 Å². The molecule has 0 spiro atoms. The van der Waals surface area contributed by atoms with Crippen LogP contribution in [0.3, 0.4) is 0 Å². The molecular weight excluding hydrogens is 1010 g/mol. The van der Waals surface area contributed by atoms with Gasteiger partial charge in [0.05, 0.1) is 43.5 Å². The molecule has 9 rings (SSSR count). The van der Waals surface area contributed by atoms with Crippen molar-refractivity contribution in [2.24, 2.45) is 50.2 Å². The van der Waals surface area contributed by atoms with Crippen molar-refractivity contribution in [1.29, 1.82) is 0 Å². The predicted molar refractivity (Wildman–Crippen MR) is 254 cm³/mol. The third kappa shape index (κ3) is 9.04.